The quantitative estimate of drug-likeness (QED) is 0.209. The van der Waals surface area contributed by atoms with Crippen LogP contribution in [0.1, 0.15) is 35.7 Å². The van der Waals surface area contributed by atoms with E-state index in [1.165, 1.54) is 6.08 Å². The molecule has 0 saturated carbocycles. The summed E-state index contributed by atoms with van der Waals surface area (Å²) in [5.41, 5.74) is 7.85. The van der Waals surface area contributed by atoms with E-state index in [0.717, 1.165) is 62.9 Å². The lowest BCUT2D eigenvalue weighted by atomic mass is 9.94. The number of hydrogen-bond acceptors (Lipinski definition) is 5. The number of benzene rings is 2. The molecule has 9 heteroatoms. The molecule has 1 fully saturated rings. The fourth-order valence-corrected chi connectivity index (χ4v) is 5.62. The summed E-state index contributed by atoms with van der Waals surface area (Å²) < 4.78 is 12.9. The molecule has 39 heavy (non-hydrogen) atoms. The maximum Gasteiger partial charge on any atom is 0.245 e. The van der Waals surface area contributed by atoms with Crippen LogP contribution < -0.4 is 0 Å². The normalized spacial score (nSPS) is 14.3. The van der Waals surface area contributed by atoms with Crippen LogP contribution in [0.2, 0.25) is 5.02 Å². The van der Waals surface area contributed by atoms with Crippen LogP contribution in [0.4, 0.5) is 0 Å². The Bertz CT molecular complexity index is 1480. The van der Waals surface area contributed by atoms with E-state index in [9.17, 15) is 4.79 Å². The predicted molar refractivity (Wildman–Crippen MR) is 154 cm³/mol. The number of aryl methyl sites for hydroxylation is 1. The molecule has 204 valence electrons. The zero-order chi connectivity index (χ0) is 27.5. The third-order valence-electron chi connectivity index (χ3n) is 7.49. The van der Waals surface area contributed by atoms with Crippen molar-refractivity contribution in [3.05, 3.63) is 71.0 Å². The number of carbonyl (C=O) groups is 1. The average molecular weight is 548 g/mol. The molecule has 1 aliphatic rings. The first-order valence-electron chi connectivity index (χ1n) is 13.2. The van der Waals surface area contributed by atoms with Crippen LogP contribution in [-0.2, 0) is 20.9 Å². The fourth-order valence-electron chi connectivity index (χ4n) is 5.37. The summed E-state index contributed by atoms with van der Waals surface area (Å²) in [5.74, 6) is -0.0211. The number of H-pyrrole nitrogens is 1. The number of likely N-dealkylation sites (tertiary alicyclic amines) is 1. The van der Waals surface area contributed by atoms with Crippen LogP contribution in [0.15, 0.2) is 49.2 Å². The second kappa shape index (κ2) is 11.7. The van der Waals surface area contributed by atoms with E-state index < -0.39 is 0 Å². The number of aromatic nitrogens is 4. The third kappa shape index (κ3) is 5.37. The Morgan fingerprint density at radius 2 is 1.92 bits per heavy atom. The lowest BCUT2D eigenvalue weighted by Gasteiger charge is -2.32. The van der Waals surface area contributed by atoms with Crippen molar-refractivity contribution in [2.75, 3.05) is 33.4 Å². The number of amides is 1. The number of aromatic amines is 1. The summed E-state index contributed by atoms with van der Waals surface area (Å²) in [4.78, 5) is 14.0. The Hall–Kier alpha value is -3.46. The number of hydrogen-bond donors (Lipinski definition) is 1. The summed E-state index contributed by atoms with van der Waals surface area (Å²) >= 11 is 7.01. The third-order valence-corrected chi connectivity index (χ3v) is 7.98. The molecule has 1 N–H and O–H groups in total. The maximum absolute atomic E-state index is 12.1. The Kier molecular flexibility index (Phi) is 8.16. The van der Waals surface area contributed by atoms with Crippen LogP contribution in [0.25, 0.3) is 33.3 Å². The Morgan fingerprint density at radius 3 is 2.62 bits per heavy atom. The second-order valence-electron chi connectivity index (χ2n) is 9.97. The van der Waals surface area contributed by atoms with Gasteiger partial charge in [-0.15, -0.1) is 0 Å². The van der Waals surface area contributed by atoms with Crippen molar-refractivity contribution in [3.63, 3.8) is 0 Å². The molecule has 1 aliphatic heterocycles. The number of carbonyl (C=O) groups excluding carboxylic acids is 1. The number of methoxy groups -OCH3 is 1. The molecule has 0 bridgehead atoms. The summed E-state index contributed by atoms with van der Waals surface area (Å²) in [6, 6.07) is 10.5. The lowest BCUT2D eigenvalue weighted by Crippen LogP contribution is -2.38. The Labute approximate surface area is 233 Å². The minimum Gasteiger partial charge on any atom is -0.382 e. The van der Waals surface area contributed by atoms with Crippen molar-refractivity contribution in [2.45, 2.75) is 39.3 Å². The number of nitrogens with zero attached hydrogens (tertiary/aromatic N) is 4. The van der Waals surface area contributed by atoms with Gasteiger partial charge in [-0.25, -0.2) is 0 Å². The molecule has 0 unspecified atom stereocenters. The van der Waals surface area contributed by atoms with Gasteiger partial charge in [-0.2, -0.15) is 10.2 Å². The van der Waals surface area contributed by atoms with Gasteiger partial charge in [0.05, 0.1) is 42.6 Å². The van der Waals surface area contributed by atoms with E-state index >= 15 is 0 Å². The van der Waals surface area contributed by atoms with Gasteiger partial charge in [0.15, 0.2) is 0 Å². The molecule has 8 nitrogen and oxygen atoms in total. The standard InChI is InChI=1S/C30H34ClN5O3/c1-5-26(37)35-12-10-23(11-13-35)36-20(3)27(28-24-17-32-33-25(24)16-19(2)29(28)31)30(34-36)22-8-6-21(7-9-22)18-39-15-14-38-4/h5-9,16-17,23H,1,10-15,18H2,2-4H3,(H,32,33). The van der Waals surface area contributed by atoms with Gasteiger partial charge < -0.3 is 14.4 Å². The first-order chi connectivity index (χ1) is 18.9. The van der Waals surface area contributed by atoms with Gasteiger partial charge in [0.25, 0.3) is 0 Å². The first kappa shape index (κ1) is 27.1. The molecule has 2 aromatic carbocycles. The largest absolute Gasteiger partial charge is 0.382 e. The van der Waals surface area contributed by atoms with Gasteiger partial charge >= 0.3 is 0 Å². The monoisotopic (exact) mass is 547 g/mol. The van der Waals surface area contributed by atoms with Crippen molar-refractivity contribution in [1.29, 1.82) is 0 Å². The number of ether oxygens (including phenoxy) is 2. The van der Waals surface area contributed by atoms with Crippen LogP contribution >= 0.6 is 11.6 Å². The minimum absolute atomic E-state index is 0.0211. The van der Waals surface area contributed by atoms with E-state index in [2.05, 4.69) is 52.6 Å². The van der Waals surface area contributed by atoms with E-state index in [1.807, 2.05) is 24.1 Å². The van der Waals surface area contributed by atoms with Crippen molar-refractivity contribution in [2.24, 2.45) is 0 Å². The van der Waals surface area contributed by atoms with E-state index in [-0.39, 0.29) is 11.9 Å². The number of fused-ring (bicyclic) bond motifs is 1. The number of halogens is 1. The second-order valence-corrected chi connectivity index (χ2v) is 10.3. The van der Waals surface area contributed by atoms with E-state index in [1.54, 1.807) is 7.11 Å². The summed E-state index contributed by atoms with van der Waals surface area (Å²) in [6.45, 7) is 10.7. The van der Waals surface area contributed by atoms with Gasteiger partial charge in [0.1, 0.15) is 5.69 Å². The summed E-state index contributed by atoms with van der Waals surface area (Å²) in [5, 5.41) is 14.3. The molecule has 0 atom stereocenters. The topological polar surface area (TPSA) is 85.3 Å². The molecule has 0 radical (unpaired) electrons. The van der Waals surface area contributed by atoms with Crippen molar-refractivity contribution >= 4 is 28.4 Å². The predicted octanol–water partition coefficient (Wildman–Crippen LogP) is 5.88. The highest BCUT2D eigenvalue weighted by Crippen LogP contribution is 2.44. The molecule has 4 aromatic rings. The molecule has 0 spiro atoms. The molecule has 1 saturated heterocycles. The number of nitrogens with one attached hydrogen (secondary N) is 1. The fraction of sp³-hybridized carbons (Fsp3) is 0.367. The van der Waals surface area contributed by atoms with Crippen LogP contribution in [0, 0.1) is 13.8 Å². The van der Waals surface area contributed by atoms with E-state index in [0.29, 0.717) is 37.9 Å². The van der Waals surface area contributed by atoms with Crippen LogP contribution in [0.3, 0.4) is 0 Å². The van der Waals surface area contributed by atoms with Crippen molar-refractivity contribution < 1.29 is 14.3 Å². The molecule has 1 amide bonds. The van der Waals surface area contributed by atoms with Crippen molar-refractivity contribution in [1.82, 2.24) is 24.9 Å². The summed E-state index contributed by atoms with van der Waals surface area (Å²) in [7, 11) is 1.67. The highest BCUT2D eigenvalue weighted by atomic mass is 35.5. The van der Waals surface area contributed by atoms with Gasteiger partial charge in [0.2, 0.25) is 5.91 Å². The van der Waals surface area contributed by atoms with E-state index in [4.69, 9.17) is 26.2 Å². The zero-order valence-electron chi connectivity index (χ0n) is 22.7. The molecular formula is C30H34ClN5O3. The lowest BCUT2D eigenvalue weighted by molar-refractivity contribution is -0.127. The van der Waals surface area contributed by atoms with Crippen LogP contribution in [0.5, 0.6) is 0 Å². The molecular weight excluding hydrogens is 514 g/mol. The minimum atomic E-state index is -0.0211. The van der Waals surface area contributed by atoms with Gasteiger partial charge in [-0.05, 0) is 50.0 Å². The highest BCUT2D eigenvalue weighted by molar-refractivity contribution is 6.36. The number of rotatable bonds is 9. The average Bonchev–Trinajstić information content (AvgIpc) is 3.56. The smallest absolute Gasteiger partial charge is 0.245 e. The first-order valence-corrected chi connectivity index (χ1v) is 13.6. The van der Waals surface area contributed by atoms with Crippen molar-refractivity contribution in [3.8, 4) is 22.4 Å². The highest BCUT2D eigenvalue weighted by Gasteiger charge is 2.29. The maximum atomic E-state index is 12.1. The zero-order valence-corrected chi connectivity index (χ0v) is 23.4. The Morgan fingerprint density at radius 1 is 1.18 bits per heavy atom. The summed E-state index contributed by atoms with van der Waals surface area (Å²) in [6.07, 6.45) is 4.86. The molecule has 0 aliphatic carbocycles. The molecule has 5 rings (SSSR count). The number of piperidine rings is 1. The molecule has 3 heterocycles. The van der Waals surface area contributed by atoms with Gasteiger partial charge in [-0.1, -0.05) is 42.4 Å². The SMILES string of the molecule is C=CC(=O)N1CCC(n2nc(-c3ccc(COCCOC)cc3)c(-c3c(Cl)c(C)cc4[nH]ncc34)c2C)CC1. The Balaban J connectivity index is 1.57. The molecule has 2 aromatic heterocycles. The van der Waals surface area contributed by atoms with Crippen LogP contribution in [-0.4, -0.2) is 64.2 Å². The van der Waals surface area contributed by atoms with Gasteiger partial charge in [-0.3, -0.25) is 14.6 Å². The van der Waals surface area contributed by atoms with Gasteiger partial charge in [0, 0.05) is 48.0 Å².